The van der Waals surface area contributed by atoms with Gasteiger partial charge in [0, 0.05) is 24.9 Å². The maximum absolute atomic E-state index is 10.8. The highest BCUT2D eigenvalue weighted by Crippen LogP contribution is 2.26. The molecule has 1 aromatic heterocycles. The Bertz CT molecular complexity index is 380. The predicted octanol–water partition coefficient (Wildman–Crippen LogP) is 2.47. The molecule has 1 aromatic rings. The van der Waals surface area contributed by atoms with Crippen molar-refractivity contribution in [1.29, 1.82) is 0 Å². The first-order chi connectivity index (χ1) is 8.65. The molecule has 1 N–H and O–H groups in total. The number of likely N-dealkylation sites (tertiary alicyclic amines) is 1. The molecule has 0 saturated carbocycles. The molecule has 0 spiro atoms. The van der Waals surface area contributed by atoms with Crippen LogP contribution in [-0.2, 0) is 11.3 Å². The van der Waals surface area contributed by atoms with Crippen LogP contribution in [0.15, 0.2) is 10.9 Å². The Hall–Kier alpha value is -0.940. The molecule has 1 aliphatic rings. The lowest BCUT2D eigenvalue weighted by molar-refractivity contribution is -0.138. The van der Waals surface area contributed by atoms with Gasteiger partial charge in [0.15, 0.2) is 0 Å². The van der Waals surface area contributed by atoms with Crippen molar-refractivity contribution in [2.24, 2.45) is 11.8 Å². The minimum Gasteiger partial charge on any atom is -0.481 e. The lowest BCUT2D eigenvalue weighted by Gasteiger charge is -2.35. The standard InChI is InChI=1S/C13H20N2O2S/c1-10(5-13(16)17)11-3-2-4-15(6-11)7-12-8-18-9-14-12/h8-11H,2-7H2,1H3,(H,16,17). The van der Waals surface area contributed by atoms with Crippen LogP contribution in [0.5, 0.6) is 0 Å². The Labute approximate surface area is 112 Å². The topological polar surface area (TPSA) is 53.4 Å². The number of hydrogen-bond acceptors (Lipinski definition) is 4. The summed E-state index contributed by atoms with van der Waals surface area (Å²) in [6.45, 7) is 5.07. The minimum atomic E-state index is -0.681. The summed E-state index contributed by atoms with van der Waals surface area (Å²) in [6.07, 6.45) is 2.61. The molecule has 0 bridgehead atoms. The summed E-state index contributed by atoms with van der Waals surface area (Å²) in [6, 6.07) is 0. The minimum absolute atomic E-state index is 0.265. The third kappa shape index (κ3) is 3.78. The number of carboxylic acid groups (broad SMARTS) is 1. The van der Waals surface area contributed by atoms with Crippen molar-refractivity contribution in [3.05, 3.63) is 16.6 Å². The van der Waals surface area contributed by atoms with Crippen molar-refractivity contribution >= 4 is 17.3 Å². The van der Waals surface area contributed by atoms with Gasteiger partial charge in [-0.25, -0.2) is 4.98 Å². The molecule has 1 saturated heterocycles. The summed E-state index contributed by atoms with van der Waals surface area (Å²) in [5, 5.41) is 11.0. The number of carboxylic acids is 1. The predicted molar refractivity (Wildman–Crippen MR) is 71.5 cm³/mol. The fourth-order valence-corrected chi connectivity index (χ4v) is 3.24. The Kier molecular flexibility index (Phi) is 4.72. The molecular weight excluding hydrogens is 248 g/mol. The highest BCUT2D eigenvalue weighted by Gasteiger charge is 2.26. The van der Waals surface area contributed by atoms with Crippen molar-refractivity contribution < 1.29 is 9.90 Å². The fraction of sp³-hybridized carbons (Fsp3) is 0.692. The van der Waals surface area contributed by atoms with E-state index in [0.29, 0.717) is 5.92 Å². The second-order valence-electron chi connectivity index (χ2n) is 5.19. The van der Waals surface area contributed by atoms with Gasteiger partial charge in [-0.15, -0.1) is 11.3 Å². The third-order valence-electron chi connectivity index (χ3n) is 3.71. The molecule has 0 radical (unpaired) electrons. The van der Waals surface area contributed by atoms with Gasteiger partial charge < -0.3 is 5.11 Å². The van der Waals surface area contributed by atoms with Crippen LogP contribution in [0.25, 0.3) is 0 Å². The largest absolute Gasteiger partial charge is 0.481 e. The van der Waals surface area contributed by atoms with Gasteiger partial charge in [0.2, 0.25) is 0 Å². The number of aromatic nitrogens is 1. The zero-order valence-corrected chi connectivity index (χ0v) is 11.5. The smallest absolute Gasteiger partial charge is 0.303 e. The molecule has 0 aromatic carbocycles. The van der Waals surface area contributed by atoms with Crippen LogP contribution in [0.3, 0.4) is 0 Å². The second kappa shape index (κ2) is 6.29. The number of hydrogen-bond donors (Lipinski definition) is 1. The van der Waals surface area contributed by atoms with E-state index in [1.165, 1.54) is 6.42 Å². The van der Waals surface area contributed by atoms with E-state index < -0.39 is 5.97 Å². The molecule has 4 nitrogen and oxygen atoms in total. The maximum atomic E-state index is 10.8. The number of aliphatic carboxylic acids is 1. The molecule has 100 valence electrons. The van der Waals surface area contributed by atoms with E-state index in [-0.39, 0.29) is 12.3 Å². The Morgan fingerprint density at radius 3 is 3.22 bits per heavy atom. The molecule has 2 rings (SSSR count). The Morgan fingerprint density at radius 2 is 2.56 bits per heavy atom. The van der Waals surface area contributed by atoms with Gasteiger partial charge in [-0.1, -0.05) is 6.92 Å². The van der Waals surface area contributed by atoms with E-state index in [4.69, 9.17) is 5.11 Å². The number of thiazole rings is 1. The first-order valence-corrected chi connectivity index (χ1v) is 7.40. The van der Waals surface area contributed by atoms with Gasteiger partial charge in [-0.2, -0.15) is 0 Å². The summed E-state index contributed by atoms with van der Waals surface area (Å²) >= 11 is 1.63. The highest BCUT2D eigenvalue weighted by molar-refractivity contribution is 7.07. The highest BCUT2D eigenvalue weighted by atomic mass is 32.1. The zero-order valence-electron chi connectivity index (χ0n) is 10.7. The average Bonchev–Trinajstić information content (AvgIpc) is 2.81. The van der Waals surface area contributed by atoms with Crippen LogP contribution in [-0.4, -0.2) is 34.0 Å². The molecule has 0 aliphatic carbocycles. The maximum Gasteiger partial charge on any atom is 0.303 e. The molecule has 1 aliphatic heterocycles. The molecule has 18 heavy (non-hydrogen) atoms. The van der Waals surface area contributed by atoms with Crippen molar-refractivity contribution in [1.82, 2.24) is 9.88 Å². The van der Waals surface area contributed by atoms with E-state index in [2.05, 4.69) is 22.2 Å². The van der Waals surface area contributed by atoms with Crippen LogP contribution < -0.4 is 0 Å². The zero-order chi connectivity index (χ0) is 13.0. The fourth-order valence-electron chi connectivity index (χ4n) is 2.69. The lowest BCUT2D eigenvalue weighted by atomic mass is 9.84. The molecule has 1 fully saturated rings. The van der Waals surface area contributed by atoms with Crippen molar-refractivity contribution in [2.75, 3.05) is 13.1 Å². The summed E-state index contributed by atoms with van der Waals surface area (Å²) in [5.74, 6) is 0.0911. The van der Waals surface area contributed by atoms with Crippen molar-refractivity contribution in [2.45, 2.75) is 32.7 Å². The third-order valence-corrected chi connectivity index (χ3v) is 4.35. The number of rotatable bonds is 5. The molecule has 2 atom stereocenters. The lowest BCUT2D eigenvalue weighted by Crippen LogP contribution is -2.37. The molecular formula is C13H20N2O2S. The van der Waals surface area contributed by atoms with Crippen LogP contribution in [0, 0.1) is 11.8 Å². The van der Waals surface area contributed by atoms with Gasteiger partial charge in [0.05, 0.1) is 11.2 Å². The number of carbonyl (C=O) groups is 1. The van der Waals surface area contributed by atoms with Crippen LogP contribution in [0.2, 0.25) is 0 Å². The number of nitrogens with zero attached hydrogens (tertiary/aromatic N) is 2. The average molecular weight is 268 g/mol. The van der Waals surface area contributed by atoms with Crippen molar-refractivity contribution in [3.8, 4) is 0 Å². The summed E-state index contributed by atoms with van der Waals surface area (Å²) < 4.78 is 0. The second-order valence-corrected chi connectivity index (χ2v) is 5.91. The normalized spacial score (nSPS) is 22.8. The van der Waals surface area contributed by atoms with E-state index >= 15 is 0 Å². The van der Waals surface area contributed by atoms with Crippen molar-refractivity contribution in [3.63, 3.8) is 0 Å². The summed E-state index contributed by atoms with van der Waals surface area (Å²) in [7, 11) is 0. The van der Waals surface area contributed by atoms with Crippen LogP contribution in [0.4, 0.5) is 0 Å². The van der Waals surface area contributed by atoms with Gasteiger partial charge in [0.25, 0.3) is 0 Å². The van der Waals surface area contributed by atoms with Crippen LogP contribution in [0.1, 0.15) is 31.9 Å². The Balaban J connectivity index is 1.86. The van der Waals surface area contributed by atoms with Gasteiger partial charge >= 0.3 is 5.97 Å². The molecule has 0 amide bonds. The van der Waals surface area contributed by atoms with Gasteiger partial charge in [0.1, 0.15) is 0 Å². The van der Waals surface area contributed by atoms with E-state index in [1.54, 1.807) is 11.3 Å². The van der Waals surface area contributed by atoms with Gasteiger partial charge in [-0.05, 0) is 31.2 Å². The van der Waals surface area contributed by atoms with E-state index in [9.17, 15) is 4.79 Å². The number of piperidine rings is 1. The first-order valence-electron chi connectivity index (χ1n) is 6.46. The SMILES string of the molecule is CC(CC(=O)O)C1CCCN(Cc2cscn2)C1. The molecule has 5 heteroatoms. The van der Waals surface area contributed by atoms with Gasteiger partial charge in [-0.3, -0.25) is 9.69 Å². The molecule has 2 unspecified atom stereocenters. The molecule has 2 heterocycles. The van der Waals surface area contributed by atoms with Crippen LogP contribution >= 0.6 is 11.3 Å². The van der Waals surface area contributed by atoms with E-state index in [0.717, 1.165) is 31.7 Å². The summed E-state index contributed by atoms with van der Waals surface area (Å²) in [5.41, 5.74) is 3.00. The monoisotopic (exact) mass is 268 g/mol. The van der Waals surface area contributed by atoms with E-state index in [1.807, 2.05) is 5.51 Å². The first kappa shape index (κ1) is 13.5. The summed E-state index contributed by atoms with van der Waals surface area (Å²) in [4.78, 5) is 17.5. The quantitative estimate of drug-likeness (QED) is 0.891. The Morgan fingerprint density at radius 1 is 1.72 bits per heavy atom.